The van der Waals surface area contributed by atoms with Gasteiger partial charge in [0, 0.05) is 38.7 Å². The average Bonchev–Trinajstić information content (AvgIpc) is 3.17. The lowest BCUT2D eigenvalue weighted by Gasteiger charge is -2.36. The van der Waals surface area contributed by atoms with Crippen LogP contribution in [0.4, 0.5) is 14.9 Å². The summed E-state index contributed by atoms with van der Waals surface area (Å²) in [5.41, 5.74) is -0.707. The number of anilines is 1. The molecule has 1 fully saturated rings. The highest BCUT2D eigenvalue weighted by Gasteiger charge is 2.32. The lowest BCUT2D eigenvalue weighted by molar-refractivity contribution is -0.157. The van der Waals surface area contributed by atoms with Gasteiger partial charge in [0.15, 0.2) is 5.60 Å². The first-order chi connectivity index (χ1) is 14.9. The molecule has 10 heteroatoms. The van der Waals surface area contributed by atoms with Crippen LogP contribution in [0.5, 0.6) is 0 Å². The Kier molecular flexibility index (Phi) is 6.43. The number of hydrogen-bond donors (Lipinski definition) is 0. The van der Waals surface area contributed by atoms with Crippen molar-refractivity contribution in [3.8, 4) is 11.4 Å². The number of carbonyl (C=O) groups excluding carboxylic acids is 2. The number of esters is 1. The molecule has 2 aromatic rings. The molecule has 2 heterocycles. The van der Waals surface area contributed by atoms with Crippen molar-refractivity contribution in [1.29, 1.82) is 0 Å². The SMILES string of the molecule is CC(=O)OC(C)(C)c1nc(-c2ccc(F)c(N3CCN(C(=O)OC(C)(C)C)CC3)c2)no1. The summed E-state index contributed by atoms with van der Waals surface area (Å²) in [5, 5.41) is 3.96. The van der Waals surface area contributed by atoms with Crippen molar-refractivity contribution in [2.75, 3.05) is 31.1 Å². The highest BCUT2D eigenvalue weighted by Crippen LogP contribution is 2.30. The standard InChI is InChI=1S/C22H29FN4O5/c1-14(28)30-22(5,6)19-24-18(25-32-19)15-7-8-16(23)17(13-15)26-9-11-27(12-10-26)20(29)31-21(2,3)4/h7-8,13H,9-12H2,1-6H3. The van der Waals surface area contributed by atoms with Crippen molar-refractivity contribution in [1.82, 2.24) is 15.0 Å². The highest BCUT2D eigenvalue weighted by molar-refractivity contribution is 5.69. The monoisotopic (exact) mass is 448 g/mol. The third-order valence-electron chi connectivity index (χ3n) is 4.82. The smallest absolute Gasteiger partial charge is 0.410 e. The van der Waals surface area contributed by atoms with E-state index in [1.165, 1.54) is 13.0 Å². The summed E-state index contributed by atoms with van der Waals surface area (Å²) in [6, 6.07) is 4.55. The molecule has 0 aliphatic carbocycles. The number of rotatable bonds is 4. The summed E-state index contributed by atoms with van der Waals surface area (Å²) >= 11 is 0. The largest absolute Gasteiger partial charge is 0.450 e. The number of amides is 1. The fraction of sp³-hybridized carbons (Fsp3) is 0.545. The number of piperazine rings is 1. The third-order valence-corrected chi connectivity index (χ3v) is 4.82. The normalized spacial score (nSPS) is 15.0. The summed E-state index contributed by atoms with van der Waals surface area (Å²) in [4.78, 5) is 31.4. The molecule has 0 saturated carbocycles. The number of aromatic nitrogens is 2. The van der Waals surface area contributed by atoms with Crippen molar-refractivity contribution in [3.63, 3.8) is 0 Å². The number of hydrogen-bond acceptors (Lipinski definition) is 8. The van der Waals surface area contributed by atoms with E-state index in [-0.39, 0.29) is 23.6 Å². The summed E-state index contributed by atoms with van der Waals surface area (Å²) < 4.78 is 30.5. The van der Waals surface area contributed by atoms with Crippen LogP contribution in [0, 0.1) is 5.82 Å². The third kappa shape index (κ3) is 5.54. The van der Waals surface area contributed by atoms with Crippen LogP contribution in [-0.2, 0) is 19.9 Å². The molecule has 0 unspecified atom stereocenters. The van der Waals surface area contributed by atoms with Gasteiger partial charge in [0.25, 0.3) is 5.89 Å². The zero-order chi connectivity index (χ0) is 23.7. The Morgan fingerprint density at radius 3 is 2.31 bits per heavy atom. The second kappa shape index (κ2) is 8.76. The maximum Gasteiger partial charge on any atom is 0.410 e. The Bertz CT molecular complexity index is 990. The molecular formula is C22H29FN4O5. The molecule has 0 radical (unpaired) electrons. The predicted octanol–water partition coefficient (Wildman–Crippen LogP) is 3.73. The molecule has 0 spiro atoms. The van der Waals surface area contributed by atoms with Crippen LogP contribution in [0.2, 0.25) is 0 Å². The van der Waals surface area contributed by atoms with Gasteiger partial charge < -0.3 is 23.8 Å². The maximum atomic E-state index is 14.6. The van der Waals surface area contributed by atoms with E-state index >= 15 is 0 Å². The van der Waals surface area contributed by atoms with Gasteiger partial charge in [-0.15, -0.1) is 0 Å². The van der Waals surface area contributed by atoms with E-state index in [0.717, 1.165) is 0 Å². The Labute approximate surface area is 186 Å². The van der Waals surface area contributed by atoms with Crippen LogP contribution >= 0.6 is 0 Å². The van der Waals surface area contributed by atoms with Gasteiger partial charge in [-0.05, 0) is 52.8 Å². The number of ether oxygens (including phenoxy) is 2. The van der Waals surface area contributed by atoms with E-state index in [9.17, 15) is 14.0 Å². The lowest BCUT2D eigenvalue weighted by atomic mass is 10.1. The molecule has 1 saturated heterocycles. The fourth-order valence-electron chi connectivity index (χ4n) is 3.34. The van der Waals surface area contributed by atoms with Crippen LogP contribution in [0.25, 0.3) is 11.4 Å². The molecule has 0 atom stereocenters. The lowest BCUT2D eigenvalue weighted by Crippen LogP contribution is -2.50. The first-order valence-corrected chi connectivity index (χ1v) is 10.4. The molecule has 32 heavy (non-hydrogen) atoms. The molecule has 174 valence electrons. The Morgan fingerprint density at radius 2 is 1.72 bits per heavy atom. The highest BCUT2D eigenvalue weighted by atomic mass is 19.1. The molecule has 1 aliphatic rings. The maximum absolute atomic E-state index is 14.6. The van der Waals surface area contributed by atoms with E-state index in [2.05, 4.69) is 10.1 Å². The van der Waals surface area contributed by atoms with Crippen LogP contribution in [0.1, 0.15) is 47.4 Å². The van der Waals surface area contributed by atoms with E-state index < -0.39 is 17.2 Å². The second-order valence-electron chi connectivity index (χ2n) is 9.15. The summed E-state index contributed by atoms with van der Waals surface area (Å²) in [6.07, 6.45) is -0.374. The van der Waals surface area contributed by atoms with Gasteiger partial charge in [0.05, 0.1) is 5.69 Å². The van der Waals surface area contributed by atoms with Crippen LogP contribution in [-0.4, -0.2) is 58.9 Å². The van der Waals surface area contributed by atoms with E-state index in [4.69, 9.17) is 14.0 Å². The predicted molar refractivity (Wildman–Crippen MR) is 115 cm³/mol. The van der Waals surface area contributed by atoms with E-state index in [1.807, 2.05) is 25.7 Å². The average molecular weight is 448 g/mol. The molecule has 0 bridgehead atoms. The summed E-state index contributed by atoms with van der Waals surface area (Å²) in [5.74, 6) is -0.457. The quantitative estimate of drug-likeness (QED) is 0.653. The zero-order valence-electron chi connectivity index (χ0n) is 19.3. The molecule has 3 rings (SSSR count). The van der Waals surface area contributed by atoms with Crippen molar-refractivity contribution in [3.05, 3.63) is 29.9 Å². The topological polar surface area (TPSA) is 98.0 Å². The minimum atomic E-state index is -1.09. The number of halogens is 1. The molecule has 1 aromatic heterocycles. The Morgan fingerprint density at radius 1 is 1.06 bits per heavy atom. The van der Waals surface area contributed by atoms with E-state index in [1.54, 1.807) is 30.9 Å². The minimum Gasteiger partial charge on any atom is -0.450 e. The molecule has 9 nitrogen and oxygen atoms in total. The number of benzene rings is 1. The van der Waals surface area contributed by atoms with Crippen LogP contribution in [0.15, 0.2) is 22.7 Å². The first kappa shape index (κ1) is 23.5. The van der Waals surface area contributed by atoms with Crippen molar-refractivity contribution in [2.24, 2.45) is 0 Å². The molecule has 1 amide bonds. The van der Waals surface area contributed by atoms with E-state index in [0.29, 0.717) is 37.4 Å². The van der Waals surface area contributed by atoms with Gasteiger partial charge in [0.1, 0.15) is 11.4 Å². The van der Waals surface area contributed by atoms with Crippen LogP contribution in [0.3, 0.4) is 0 Å². The first-order valence-electron chi connectivity index (χ1n) is 10.4. The minimum absolute atomic E-state index is 0.138. The van der Waals surface area contributed by atoms with Crippen LogP contribution < -0.4 is 4.90 Å². The van der Waals surface area contributed by atoms with Gasteiger partial charge in [-0.2, -0.15) is 4.98 Å². The van der Waals surface area contributed by atoms with Gasteiger partial charge in [-0.25, -0.2) is 9.18 Å². The molecule has 0 N–H and O–H groups in total. The molecule has 1 aromatic carbocycles. The van der Waals surface area contributed by atoms with Crippen molar-refractivity contribution < 1.29 is 28.0 Å². The zero-order valence-corrected chi connectivity index (χ0v) is 19.3. The molecular weight excluding hydrogens is 419 g/mol. The van der Waals surface area contributed by atoms with Gasteiger partial charge in [0.2, 0.25) is 5.82 Å². The molecule has 1 aliphatic heterocycles. The van der Waals surface area contributed by atoms with Crippen molar-refractivity contribution in [2.45, 2.75) is 52.7 Å². The van der Waals surface area contributed by atoms with Crippen molar-refractivity contribution >= 4 is 17.7 Å². The van der Waals surface area contributed by atoms with Gasteiger partial charge in [-0.1, -0.05) is 5.16 Å². The van der Waals surface area contributed by atoms with Gasteiger partial charge in [-0.3, -0.25) is 4.79 Å². The van der Waals surface area contributed by atoms with Gasteiger partial charge >= 0.3 is 12.1 Å². The number of nitrogens with zero attached hydrogens (tertiary/aromatic N) is 4. The Balaban J connectivity index is 1.74. The summed E-state index contributed by atoms with van der Waals surface area (Å²) in [6.45, 7) is 11.8. The fourth-order valence-corrected chi connectivity index (χ4v) is 3.34. The summed E-state index contributed by atoms with van der Waals surface area (Å²) in [7, 11) is 0. The number of carbonyl (C=O) groups is 2. The second-order valence-corrected chi connectivity index (χ2v) is 9.15. The Hall–Kier alpha value is -3.17.